The highest BCUT2D eigenvalue weighted by atomic mass is 32.2. The molecule has 0 nitrogen and oxygen atoms in total. The molecule has 2 aromatic rings. The van der Waals surface area contributed by atoms with Crippen molar-refractivity contribution in [3.63, 3.8) is 0 Å². The van der Waals surface area contributed by atoms with Crippen LogP contribution in [0.1, 0.15) is 13.3 Å². The Morgan fingerprint density at radius 1 is 1.00 bits per heavy atom. The van der Waals surface area contributed by atoms with Crippen LogP contribution in [0.4, 0.5) is 0 Å². The fraction of sp³-hybridized carbons (Fsp3) is 0.231. The van der Waals surface area contributed by atoms with Gasteiger partial charge in [-0.25, -0.2) is 0 Å². The largest absolute Gasteiger partial charge is 0.126 e. The lowest BCUT2D eigenvalue weighted by molar-refractivity contribution is 1.10. The van der Waals surface area contributed by atoms with Gasteiger partial charge in [0.1, 0.15) is 0 Å². The zero-order valence-corrected chi connectivity index (χ0v) is 9.18. The summed E-state index contributed by atoms with van der Waals surface area (Å²) < 4.78 is 0. The van der Waals surface area contributed by atoms with E-state index in [0.717, 1.165) is 0 Å². The summed E-state index contributed by atoms with van der Waals surface area (Å²) in [5.74, 6) is 1.21. The van der Waals surface area contributed by atoms with Gasteiger partial charge in [0.05, 0.1) is 0 Å². The highest BCUT2D eigenvalue weighted by Gasteiger charge is 1.95. The number of thioether (sulfide) groups is 1. The molecule has 2 rings (SSSR count). The number of hydrogen-bond donors (Lipinski definition) is 0. The van der Waals surface area contributed by atoms with Crippen LogP contribution in [0.3, 0.4) is 0 Å². The molecule has 0 heterocycles. The first-order valence-corrected chi connectivity index (χ1v) is 6.00. The molecule has 0 aliphatic rings. The van der Waals surface area contributed by atoms with Crippen LogP contribution in [0.2, 0.25) is 0 Å². The van der Waals surface area contributed by atoms with Gasteiger partial charge in [-0.05, 0) is 35.1 Å². The smallest absolute Gasteiger partial charge is 0.00783 e. The number of rotatable bonds is 3. The molecule has 14 heavy (non-hydrogen) atoms. The molecule has 0 amide bonds. The average Bonchev–Trinajstić information content (AvgIpc) is 2.26. The maximum absolute atomic E-state index is 2.27. The lowest BCUT2D eigenvalue weighted by atomic mass is 10.1. The van der Waals surface area contributed by atoms with Crippen LogP contribution in [-0.2, 0) is 0 Å². The summed E-state index contributed by atoms with van der Waals surface area (Å²) in [5.41, 5.74) is 0. The summed E-state index contributed by atoms with van der Waals surface area (Å²) in [6.45, 7) is 2.22. The molecule has 0 spiro atoms. The summed E-state index contributed by atoms with van der Waals surface area (Å²) in [6, 6.07) is 15.2. The van der Waals surface area contributed by atoms with E-state index in [9.17, 15) is 0 Å². The van der Waals surface area contributed by atoms with Crippen molar-refractivity contribution in [2.24, 2.45) is 0 Å². The third kappa shape index (κ3) is 2.10. The van der Waals surface area contributed by atoms with E-state index in [2.05, 4.69) is 49.4 Å². The Morgan fingerprint density at radius 3 is 2.57 bits per heavy atom. The van der Waals surface area contributed by atoms with Gasteiger partial charge >= 0.3 is 0 Å². The van der Waals surface area contributed by atoms with E-state index in [1.54, 1.807) is 0 Å². The molecule has 0 aromatic heterocycles. The predicted molar refractivity (Wildman–Crippen MR) is 65.0 cm³/mol. The molecule has 0 atom stereocenters. The molecule has 0 unspecified atom stereocenters. The minimum Gasteiger partial charge on any atom is -0.126 e. The first-order valence-electron chi connectivity index (χ1n) is 5.02. The standard InChI is InChI=1S/C13H14S/c1-2-9-14-13-8-7-11-5-3-4-6-12(11)10-13/h3-8,10H,2,9H2,1H3. The summed E-state index contributed by atoms with van der Waals surface area (Å²) in [7, 11) is 0. The Bertz CT molecular complexity index is 420. The fourth-order valence-corrected chi connectivity index (χ4v) is 2.29. The second-order valence-corrected chi connectivity index (χ2v) is 4.53. The van der Waals surface area contributed by atoms with E-state index < -0.39 is 0 Å². The minimum atomic E-state index is 1.21. The summed E-state index contributed by atoms with van der Waals surface area (Å²) in [4.78, 5) is 1.38. The van der Waals surface area contributed by atoms with Crippen LogP contribution >= 0.6 is 11.8 Å². The van der Waals surface area contributed by atoms with Crippen molar-refractivity contribution in [3.05, 3.63) is 42.5 Å². The van der Waals surface area contributed by atoms with Crippen LogP contribution in [0.25, 0.3) is 10.8 Å². The third-order valence-electron chi connectivity index (χ3n) is 2.19. The molecular formula is C13H14S. The van der Waals surface area contributed by atoms with Gasteiger partial charge in [0.25, 0.3) is 0 Å². The van der Waals surface area contributed by atoms with E-state index >= 15 is 0 Å². The Labute approximate surface area is 89.3 Å². The number of hydrogen-bond acceptors (Lipinski definition) is 1. The molecule has 0 saturated heterocycles. The van der Waals surface area contributed by atoms with Gasteiger partial charge in [-0.2, -0.15) is 0 Å². The van der Waals surface area contributed by atoms with Crippen molar-refractivity contribution in [1.82, 2.24) is 0 Å². The van der Waals surface area contributed by atoms with Gasteiger partial charge in [0.15, 0.2) is 0 Å². The Balaban J connectivity index is 2.32. The third-order valence-corrected chi connectivity index (χ3v) is 3.39. The summed E-state index contributed by atoms with van der Waals surface area (Å²) in [6.07, 6.45) is 1.23. The highest BCUT2D eigenvalue weighted by molar-refractivity contribution is 7.99. The van der Waals surface area contributed by atoms with Gasteiger partial charge in [-0.15, -0.1) is 11.8 Å². The van der Waals surface area contributed by atoms with E-state index in [1.807, 2.05) is 11.8 Å². The molecular weight excluding hydrogens is 188 g/mol. The first kappa shape index (κ1) is 9.60. The molecule has 0 fully saturated rings. The van der Waals surface area contributed by atoms with E-state index in [-0.39, 0.29) is 0 Å². The van der Waals surface area contributed by atoms with Crippen molar-refractivity contribution in [2.75, 3.05) is 5.75 Å². The zero-order valence-electron chi connectivity index (χ0n) is 8.36. The van der Waals surface area contributed by atoms with Crippen LogP contribution in [-0.4, -0.2) is 5.75 Å². The molecule has 2 aromatic carbocycles. The zero-order chi connectivity index (χ0) is 9.80. The summed E-state index contributed by atoms with van der Waals surface area (Å²) in [5, 5.41) is 2.67. The van der Waals surface area contributed by atoms with E-state index in [1.165, 1.54) is 27.8 Å². The molecule has 0 aliphatic heterocycles. The van der Waals surface area contributed by atoms with Crippen LogP contribution in [0, 0.1) is 0 Å². The van der Waals surface area contributed by atoms with Gasteiger partial charge in [0, 0.05) is 4.90 Å². The molecule has 0 N–H and O–H groups in total. The normalized spacial score (nSPS) is 10.6. The average molecular weight is 202 g/mol. The Kier molecular flexibility index (Phi) is 3.10. The topological polar surface area (TPSA) is 0 Å². The predicted octanol–water partition coefficient (Wildman–Crippen LogP) is 4.34. The Morgan fingerprint density at radius 2 is 1.79 bits per heavy atom. The van der Waals surface area contributed by atoms with Crippen molar-refractivity contribution >= 4 is 22.5 Å². The van der Waals surface area contributed by atoms with Crippen LogP contribution < -0.4 is 0 Å². The molecule has 72 valence electrons. The van der Waals surface area contributed by atoms with Gasteiger partial charge in [0.2, 0.25) is 0 Å². The number of fused-ring (bicyclic) bond motifs is 1. The number of benzene rings is 2. The Hall–Kier alpha value is -0.950. The molecule has 0 bridgehead atoms. The van der Waals surface area contributed by atoms with Crippen molar-refractivity contribution in [1.29, 1.82) is 0 Å². The van der Waals surface area contributed by atoms with E-state index in [4.69, 9.17) is 0 Å². The summed E-state index contributed by atoms with van der Waals surface area (Å²) >= 11 is 1.94. The van der Waals surface area contributed by atoms with Crippen LogP contribution in [0.5, 0.6) is 0 Å². The maximum atomic E-state index is 2.27. The van der Waals surface area contributed by atoms with Crippen molar-refractivity contribution in [2.45, 2.75) is 18.2 Å². The van der Waals surface area contributed by atoms with E-state index in [0.29, 0.717) is 0 Å². The van der Waals surface area contributed by atoms with Gasteiger partial charge in [-0.1, -0.05) is 37.3 Å². The molecule has 0 aliphatic carbocycles. The lowest BCUT2D eigenvalue weighted by Crippen LogP contribution is -1.77. The van der Waals surface area contributed by atoms with Crippen molar-refractivity contribution in [3.8, 4) is 0 Å². The fourth-order valence-electron chi connectivity index (χ4n) is 1.48. The van der Waals surface area contributed by atoms with Gasteiger partial charge in [-0.3, -0.25) is 0 Å². The monoisotopic (exact) mass is 202 g/mol. The second kappa shape index (κ2) is 4.52. The molecule has 1 heteroatoms. The SMILES string of the molecule is CCCSc1ccc2ccccc2c1. The van der Waals surface area contributed by atoms with Gasteiger partial charge < -0.3 is 0 Å². The highest BCUT2D eigenvalue weighted by Crippen LogP contribution is 2.23. The van der Waals surface area contributed by atoms with Crippen LogP contribution in [0.15, 0.2) is 47.4 Å². The lowest BCUT2D eigenvalue weighted by Gasteiger charge is -2.02. The second-order valence-electron chi connectivity index (χ2n) is 3.36. The minimum absolute atomic E-state index is 1.21. The maximum Gasteiger partial charge on any atom is 0.00783 e. The van der Waals surface area contributed by atoms with Crippen molar-refractivity contribution < 1.29 is 0 Å². The molecule has 0 radical (unpaired) electrons. The quantitative estimate of drug-likeness (QED) is 0.667. The molecule has 0 saturated carbocycles. The first-order chi connectivity index (χ1) is 6.90.